The molecule has 0 radical (unpaired) electrons. The third-order valence-electron chi connectivity index (χ3n) is 4.51. The molecule has 8 heteroatoms. The zero-order chi connectivity index (χ0) is 18.2. The van der Waals surface area contributed by atoms with E-state index in [1.807, 2.05) is 59.1 Å². The number of benzene rings is 2. The molecular formula is C19H15N5OS2. The number of aromatic nitrogens is 3. The number of hydrazone groups is 1. The van der Waals surface area contributed by atoms with Crippen molar-refractivity contribution < 1.29 is 4.79 Å². The molecule has 0 bridgehead atoms. The van der Waals surface area contributed by atoms with Crippen LogP contribution in [0.25, 0.3) is 15.2 Å². The summed E-state index contributed by atoms with van der Waals surface area (Å²) in [5.41, 5.74) is 2.17. The second kappa shape index (κ2) is 6.79. The first kappa shape index (κ1) is 16.5. The van der Waals surface area contributed by atoms with Gasteiger partial charge in [-0.3, -0.25) is 9.20 Å². The molecule has 134 valence electrons. The smallest absolute Gasteiger partial charge is 0.253 e. The van der Waals surface area contributed by atoms with Crippen LogP contribution in [0.3, 0.4) is 0 Å². The van der Waals surface area contributed by atoms with Crippen molar-refractivity contribution in [3.8, 4) is 0 Å². The highest BCUT2D eigenvalue weighted by Gasteiger charge is 2.28. The molecule has 0 fully saturated rings. The number of para-hydroxylation sites is 1. The minimum absolute atomic E-state index is 0.0281. The number of nitrogens with zero attached hydrogens (tertiary/aromatic N) is 5. The summed E-state index contributed by atoms with van der Waals surface area (Å²) in [7, 11) is 0. The quantitative estimate of drug-likeness (QED) is 0.492. The zero-order valence-corrected chi connectivity index (χ0v) is 15.9. The molecule has 1 atom stereocenters. The maximum Gasteiger partial charge on any atom is 0.253 e. The predicted octanol–water partition coefficient (Wildman–Crippen LogP) is 4.00. The van der Waals surface area contributed by atoms with E-state index in [-0.39, 0.29) is 17.7 Å². The summed E-state index contributed by atoms with van der Waals surface area (Å²) in [5, 5.41) is 15.1. The van der Waals surface area contributed by atoms with Gasteiger partial charge >= 0.3 is 0 Å². The third-order valence-corrected chi connectivity index (χ3v) is 6.43. The summed E-state index contributed by atoms with van der Waals surface area (Å²) < 4.78 is 3.17. The number of amides is 1. The Kier molecular flexibility index (Phi) is 4.14. The van der Waals surface area contributed by atoms with Gasteiger partial charge in [-0.15, -0.1) is 10.2 Å². The summed E-state index contributed by atoms with van der Waals surface area (Å²) >= 11 is 3.00. The molecule has 1 aliphatic rings. The van der Waals surface area contributed by atoms with Crippen molar-refractivity contribution in [3.63, 3.8) is 0 Å². The molecule has 2 aromatic carbocycles. The molecule has 0 unspecified atom stereocenters. The normalized spacial score (nSPS) is 16.6. The Labute approximate surface area is 163 Å². The van der Waals surface area contributed by atoms with Crippen molar-refractivity contribution in [3.05, 3.63) is 60.2 Å². The molecule has 5 rings (SSSR count). The van der Waals surface area contributed by atoms with Crippen LogP contribution in [0.15, 0.2) is 64.9 Å². The molecule has 0 saturated carbocycles. The summed E-state index contributed by atoms with van der Waals surface area (Å²) in [6.45, 7) is 0. The maximum absolute atomic E-state index is 12.8. The second-order valence-corrected chi connectivity index (χ2v) is 8.11. The Bertz CT molecular complexity index is 1150. The highest BCUT2D eigenvalue weighted by Crippen LogP contribution is 2.31. The summed E-state index contributed by atoms with van der Waals surface area (Å²) in [4.78, 5) is 13.6. The molecule has 27 heavy (non-hydrogen) atoms. The van der Waals surface area contributed by atoms with Crippen LogP contribution in [0.2, 0.25) is 0 Å². The van der Waals surface area contributed by atoms with Crippen molar-refractivity contribution in [2.45, 2.75) is 17.6 Å². The lowest BCUT2D eigenvalue weighted by molar-refractivity contribution is -0.130. The molecule has 0 saturated heterocycles. The first-order valence-electron chi connectivity index (χ1n) is 8.56. The van der Waals surface area contributed by atoms with Crippen molar-refractivity contribution in [2.24, 2.45) is 5.10 Å². The molecule has 1 aliphatic heterocycles. The van der Waals surface area contributed by atoms with E-state index in [1.54, 1.807) is 16.3 Å². The van der Waals surface area contributed by atoms with E-state index in [9.17, 15) is 4.79 Å². The Morgan fingerprint density at radius 3 is 2.81 bits per heavy atom. The molecule has 3 heterocycles. The Hall–Kier alpha value is -2.71. The number of thioether (sulfide) groups is 1. The molecule has 4 aromatic rings. The number of carbonyl (C=O) groups is 1. The van der Waals surface area contributed by atoms with Gasteiger partial charge in [-0.05, 0) is 17.7 Å². The predicted molar refractivity (Wildman–Crippen MR) is 108 cm³/mol. The lowest BCUT2D eigenvalue weighted by Crippen LogP contribution is -2.28. The topological polar surface area (TPSA) is 62.9 Å². The van der Waals surface area contributed by atoms with Crippen LogP contribution in [0, 0.1) is 0 Å². The van der Waals surface area contributed by atoms with Gasteiger partial charge in [-0.25, -0.2) is 5.01 Å². The first-order chi connectivity index (χ1) is 13.3. The molecule has 0 N–H and O–H groups in total. The molecular weight excluding hydrogens is 378 g/mol. The second-order valence-electron chi connectivity index (χ2n) is 6.16. The van der Waals surface area contributed by atoms with Gasteiger partial charge in [0, 0.05) is 12.6 Å². The van der Waals surface area contributed by atoms with Crippen molar-refractivity contribution in [2.75, 3.05) is 5.75 Å². The van der Waals surface area contributed by atoms with Gasteiger partial charge in [0.15, 0.2) is 5.16 Å². The summed E-state index contributed by atoms with van der Waals surface area (Å²) in [6.07, 6.45) is 2.55. The van der Waals surface area contributed by atoms with Crippen LogP contribution in [-0.4, -0.2) is 37.5 Å². The molecule has 1 amide bonds. The van der Waals surface area contributed by atoms with Crippen LogP contribution >= 0.6 is 23.1 Å². The largest absolute Gasteiger partial charge is 0.272 e. The highest BCUT2D eigenvalue weighted by molar-refractivity contribution is 7.99. The van der Waals surface area contributed by atoms with E-state index < -0.39 is 0 Å². The number of thiazole rings is 1. The third kappa shape index (κ3) is 2.90. The van der Waals surface area contributed by atoms with Crippen LogP contribution in [0.4, 0.5) is 0 Å². The van der Waals surface area contributed by atoms with Gasteiger partial charge in [-0.2, -0.15) is 5.10 Å². The van der Waals surface area contributed by atoms with Crippen molar-refractivity contribution >= 4 is 50.4 Å². The van der Waals surface area contributed by atoms with Crippen molar-refractivity contribution in [1.29, 1.82) is 0 Å². The van der Waals surface area contributed by atoms with Gasteiger partial charge in [0.1, 0.15) is 0 Å². The highest BCUT2D eigenvalue weighted by atomic mass is 32.2. The van der Waals surface area contributed by atoms with Crippen LogP contribution in [0.1, 0.15) is 18.0 Å². The van der Waals surface area contributed by atoms with E-state index in [4.69, 9.17) is 0 Å². The summed E-state index contributed by atoms with van der Waals surface area (Å²) in [5.74, 6) is 0.241. The standard InChI is InChI=1S/C19H15N5OS2/c25-17(24-14(10-11-20-24)13-6-2-1-3-7-13)12-26-18-21-22-19-23(18)15-8-4-5-9-16(15)27-19/h1-9,11,14H,10,12H2/t14-/m0/s1. The fraction of sp³-hybridized carbons (Fsp3) is 0.158. The molecule has 6 nitrogen and oxygen atoms in total. The number of carbonyl (C=O) groups excluding carboxylic acids is 1. The Morgan fingerprint density at radius 2 is 1.93 bits per heavy atom. The van der Waals surface area contributed by atoms with Crippen LogP contribution in [0.5, 0.6) is 0 Å². The molecule has 2 aromatic heterocycles. The number of rotatable bonds is 4. The number of fused-ring (bicyclic) bond motifs is 3. The first-order valence-corrected chi connectivity index (χ1v) is 10.4. The van der Waals surface area contributed by atoms with Gasteiger partial charge < -0.3 is 0 Å². The van der Waals surface area contributed by atoms with E-state index in [2.05, 4.69) is 21.4 Å². The van der Waals surface area contributed by atoms with E-state index in [0.717, 1.165) is 32.3 Å². The SMILES string of the molecule is O=C(CSc1nnc2sc3ccccc3n12)N1N=CC[C@H]1c1ccccc1. The fourth-order valence-corrected chi connectivity index (χ4v) is 5.07. The van der Waals surface area contributed by atoms with E-state index >= 15 is 0 Å². The van der Waals surface area contributed by atoms with Crippen molar-refractivity contribution in [1.82, 2.24) is 19.6 Å². The van der Waals surface area contributed by atoms with Crippen LogP contribution < -0.4 is 0 Å². The fourth-order valence-electron chi connectivity index (χ4n) is 3.25. The van der Waals surface area contributed by atoms with E-state index in [0.29, 0.717) is 0 Å². The molecule has 0 spiro atoms. The van der Waals surface area contributed by atoms with E-state index in [1.165, 1.54) is 11.8 Å². The van der Waals surface area contributed by atoms with Gasteiger partial charge in [-0.1, -0.05) is 65.6 Å². The minimum atomic E-state index is -0.0288. The van der Waals surface area contributed by atoms with Crippen LogP contribution in [-0.2, 0) is 4.79 Å². The van der Waals surface area contributed by atoms with Gasteiger partial charge in [0.25, 0.3) is 5.91 Å². The Morgan fingerprint density at radius 1 is 1.11 bits per heavy atom. The number of hydrogen-bond donors (Lipinski definition) is 0. The molecule has 0 aliphatic carbocycles. The summed E-state index contributed by atoms with van der Waals surface area (Å²) in [6, 6.07) is 18.1. The lowest BCUT2D eigenvalue weighted by Gasteiger charge is -2.21. The zero-order valence-electron chi connectivity index (χ0n) is 14.2. The minimum Gasteiger partial charge on any atom is -0.272 e. The average molecular weight is 393 g/mol. The lowest BCUT2D eigenvalue weighted by atomic mass is 10.0. The average Bonchev–Trinajstić information content (AvgIpc) is 3.42. The van der Waals surface area contributed by atoms with Gasteiger partial charge in [0.05, 0.1) is 22.0 Å². The Balaban J connectivity index is 1.36. The number of hydrogen-bond acceptors (Lipinski definition) is 6. The van der Waals surface area contributed by atoms with Gasteiger partial charge in [0.2, 0.25) is 4.96 Å². The monoisotopic (exact) mass is 393 g/mol. The maximum atomic E-state index is 12.8.